The number of amides is 2. The van der Waals surface area contributed by atoms with Crippen molar-refractivity contribution in [1.82, 2.24) is 4.90 Å². The molecule has 2 amide bonds. The van der Waals surface area contributed by atoms with Gasteiger partial charge in [-0.15, -0.1) is 0 Å². The van der Waals surface area contributed by atoms with Crippen LogP contribution in [0.5, 0.6) is 5.75 Å². The Morgan fingerprint density at radius 2 is 1.93 bits per heavy atom. The molecule has 0 unspecified atom stereocenters. The number of anilines is 2. The Bertz CT molecular complexity index is 1050. The van der Waals surface area contributed by atoms with Crippen LogP contribution in [0.3, 0.4) is 0 Å². The van der Waals surface area contributed by atoms with Gasteiger partial charge in [0.1, 0.15) is 10.6 Å². The SMILES string of the molecule is COC(=O)c1ccc(S(=O)(=O)Nc2ccc3c(c2)CN(C)C(=O)N3)c(OC)c1. The van der Waals surface area contributed by atoms with E-state index in [2.05, 4.69) is 14.8 Å². The van der Waals surface area contributed by atoms with Crippen LogP contribution in [0.1, 0.15) is 15.9 Å². The number of hydrogen-bond donors (Lipinski definition) is 2. The fourth-order valence-electron chi connectivity index (χ4n) is 2.79. The van der Waals surface area contributed by atoms with Crippen LogP contribution >= 0.6 is 0 Å². The van der Waals surface area contributed by atoms with Gasteiger partial charge in [-0.1, -0.05) is 0 Å². The maximum Gasteiger partial charge on any atom is 0.337 e. The van der Waals surface area contributed by atoms with E-state index in [1.807, 2.05) is 0 Å². The number of carbonyl (C=O) groups excluding carboxylic acids is 2. The highest BCUT2D eigenvalue weighted by Crippen LogP contribution is 2.30. The van der Waals surface area contributed by atoms with Gasteiger partial charge in [-0.05, 0) is 42.0 Å². The number of benzene rings is 2. The molecule has 2 aromatic carbocycles. The lowest BCUT2D eigenvalue weighted by Crippen LogP contribution is -2.35. The van der Waals surface area contributed by atoms with Gasteiger partial charge >= 0.3 is 12.0 Å². The molecule has 0 aliphatic carbocycles. The third-order valence-corrected chi connectivity index (χ3v) is 5.65. The summed E-state index contributed by atoms with van der Waals surface area (Å²) in [7, 11) is 0.203. The van der Waals surface area contributed by atoms with E-state index >= 15 is 0 Å². The number of nitrogens with zero attached hydrogens (tertiary/aromatic N) is 1. The number of nitrogens with one attached hydrogen (secondary N) is 2. The maximum atomic E-state index is 12.8. The summed E-state index contributed by atoms with van der Waals surface area (Å²) in [6.07, 6.45) is 0. The number of hydrogen-bond acceptors (Lipinski definition) is 6. The Balaban J connectivity index is 1.91. The van der Waals surface area contributed by atoms with E-state index in [0.29, 0.717) is 17.9 Å². The standard InChI is InChI=1S/C18H19N3O6S/c1-21-10-12-8-13(5-6-14(12)19-18(21)23)20-28(24,25)16-7-4-11(17(22)27-3)9-15(16)26-2/h4-9,20H,10H2,1-3H3,(H,19,23). The quantitative estimate of drug-likeness (QED) is 0.738. The first-order valence-corrected chi connectivity index (χ1v) is 9.67. The number of carbonyl (C=O) groups is 2. The lowest BCUT2D eigenvalue weighted by molar-refractivity contribution is 0.0600. The highest BCUT2D eigenvalue weighted by atomic mass is 32.2. The second-order valence-corrected chi connectivity index (χ2v) is 7.77. The van der Waals surface area contributed by atoms with Crippen LogP contribution in [-0.4, -0.2) is 46.6 Å². The van der Waals surface area contributed by atoms with Crippen LogP contribution in [0.4, 0.5) is 16.2 Å². The van der Waals surface area contributed by atoms with Crippen LogP contribution < -0.4 is 14.8 Å². The number of ether oxygens (including phenoxy) is 2. The van der Waals surface area contributed by atoms with E-state index in [1.165, 1.54) is 37.3 Å². The summed E-state index contributed by atoms with van der Waals surface area (Å²) >= 11 is 0. The molecular formula is C18H19N3O6S. The fourth-order valence-corrected chi connectivity index (χ4v) is 3.99. The van der Waals surface area contributed by atoms with Gasteiger partial charge < -0.3 is 19.7 Å². The predicted octanol–water partition coefficient (Wildman–Crippen LogP) is 2.26. The largest absolute Gasteiger partial charge is 0.495 e. The molecule has 0 spiro atoms. The maximum absolute atomic E-state index is 12.8. The predicted molar refractivity (Wildman–Crippen MR) is 102 cm³/mol. The summed E-state index contributed by atoms with van der Waals surface area (Å²) in [5.74, 6) is -0.587. The molecule has 2 aromatic rings. The van der Waals surface area contributed by atoms with Crippen molar-refractivity contribution in [2.45, 2.75) is 11.4 Å². The number of methoxy groups -OCH3 is 2. The molecule has 0 aromatic heterocycles. The molecule has 9 nitrogen and oxygen atoms in total. The Morgan fingerprint density at radius 3 is 2.61 bits per heavy atom. The van der Waals surface area contributed by atoms with Crippen LogP contribution in [0, 0.1) is 0 Å². The average molecular weight is 405 g/mol. The molecule has 3 rings (SSSR count). The Kier molecular flexibility index (Phi) is 5.14. The second-order valence-electron chi connectivity index (χ2n) is 6.12. The number of sulfonamides is 1. The summed E-state index contributed by atoms with van der Waals surface area (Å²) in [5.41, 5.74) is 1.91. The van der Waals surface area contributed by atoms with E-state index in [4.69, 9.17) is 4.74 Å². The molecule has 0 atom stereocenters. The molecule has 1 aliphatic heterocycles. The smallest absolute Gasteiger partial charge is 0.337 e. The minimum absolute atomic E-state index is 0.0142. The van der Waals surface area contributed by atoms with E-state index in [0.717, 1.165) is 5.56 Å². The molecular weight excluding hydrogens is 386 g/mol. The highest BCUT2D eigenvalue weighted by Gasteiger charge is 2.23. The van der Waals surface area contributed by atoms with Gasteiger partial charge in [-0.25, -0.2) is 18.0 Å². The number of fused-ring (bicyclic) bond motifs is 1. The minimum atomic E-state index is -3.98. The van der Waals surface area contributed by atoms with Crippen molar-refractivity contribution in [2.75, 3.05) is 31.3 Å². The van der Waals surface area contributed by atoms with E-state index in [9.17, 15) is 18.0 Å². The Labute approximate surface area is 162 Å². The molecule has 28 heavy (non-hydrogen) atoms. The van der Waals surface area contributed by atoms with Crippen molar-refractivity contribution in [3.63, 3.8) is 0 Å². The summed E-state index contributed by atoms with van der Waals surface area (Å²) in [6, 6.07) is 8.54. The summed E-state index contributed by atoms with van der Waals surface area (Å²) < 4.78 is 37.9. The first kappa shape index (κ1) is 19.5. The molecule has 1 aliphatic rings. The molecule has 0 saturated heterocycles. The molecule has 0 fully saturated rings. The lowest BCUT2D eigenvalue weighted by Gasteiger charge is -2.26. The van der Waals surface area contributed by atoms with E-state index < -0.39 is 16.0 Å². The summed E-state index contributed by atoms with van der Waals surface area (Å²) in [6.45, 7) is 0.355. The zero-order valence-corrected chi connectivity index (χ0v) is 16.3. The minimum Gasteiger partial charge on any atom is -0.495 e. The monoisotopic (exact) mass is 405 g/mol. The average Bonchev–Trinajstić information content (AvgIpc) is 2.67. The van der Waals surface area contributed by atoms with Crippen molar-refractivity contribution in [3.8, 4) is 5.75 Å². The van der Waals surface area contributed by atoms with Crippen molar-refractivity contribution in [3.05, 3.63) is 47.5 Å². The molecule has 0 radical (unpaired) electrons. The van der Waals surface area contributed by atoms with Crippen molar-refractivity contribution in [2.24, 2.45) is 0 Å². The van der Waals surface area contributed by atoms with Crippen molar-refractivity contribution >= 4 is 33.4 Å². The highest BCUT2D eigenvalue weighted by molar-refractivity contribution is 7.92. The van der Waals surface area contributed by atoms with Crippen LogP contribution in [0.25, 0.3) is 0 Å². The van der Waals surface area contributed by atoms with Gasteiger partial charge in [-0.3, -0.25) is 4.72 Å². The van der Waals surface area contributed by atoms with Gasteiger partial charge in [0.15, 0.2) is 0 Å². The third kappa shape index (κ3) is 3.72. The number of urea groups is 1. The van der Waals surface area contributed by atoms with Gasteiger partial charge in [0.05, 0.1) is 19.8 Å². The zero-order valence-electron chi connectivity index (χ0n) is 15.5. The summed E-state index contributed by atoms with van der Waals surface area (Å²) in [5, 5.41) is 2.72. The fraction of sp³-hybridized carbons (Fsp3) is 0.222. The second kappa shape index (κ2) is 7.39. The molecule has 148 valence electrons. The molecule has 2 N–H and O–H groups in total. The summed E-state index contributed by atoms with van der Waals surface area (Å²) in [4.78, 5) is 24.7. The van der Waals surface area contributed by atoms with Crippen LogP contribution in [0.2, 0.25) is 0 Å². The number of esters is 1. The van der Waals surface area contributed by atoms with Crippen LogP contribution in [0.15, 0.2) is 41.3 Å². The lowest BCUT2D eigenvalue weighted by atomic mass is 10.1. The molecule has 1 heterocycles. The topological polar surface area (TPSA) is 114 Å². The molecule has 10 heteroatoms. The Hall–Kier alpha value is -3.27. The molecule has 0 saturated carbocycles. The van der Waals surface area contributed by atoms with Gasteiger partial charge in [-0.2, -0.15) is 0 Å². The van der Waals surface area contributed by atoms with Gasteiger partial charge in [0.25, 0.3) is 10.0 Å². The number of rotatable bonds is 5. The van der Waals surface area contributed by atoms with E-state index in [-0.39, 0.29) is 22.2 Å². The van der Waals surface area contributed by atoms with Gasteiger partial charge in [0.2, 0.25) is 0 Å². The van der Waals surface area contributed by atoms with Crippen molar-refractivity contribution < 1.29 is 27.5 Å². The van der Waals surface area contributed by atoms with Crippen molar-refractivity contribution in [1.29, 1.82) is 0 Å². The Morgan fingerprint density at radius 1 is 1.18 bits per heavy atom. The van der Waals surface area contributed by atoms with Gasteiger partial charge in [0, 0.05) is 25.0 Å². The van der Waals surface area contributed by atoms with E-state index in [1.54, 1.807) is 25.2 Å². The first-order valence-electron chi connectivity index (χ1n) is 8.19. The molecule has 0 bridgehead atoms. The zero-order chi connectivity index (χ0) is 20.5. The normalized spacial score (nSPS) is 13.4. The van der Waals surface area contributed by atoms with Crippen LogP contribution in [-0.2, 0) is 21.3 Å². The first-order chi connectivity index (χ1) is 13.2. The third-order valence-electron chi connectivity index (χ3n) is 4.23.